The summed E-state index contributed by atoms with van der Waals surface area (Å²) >= 11 is 3.40. The zero-order valence-electron chi connectivity index (χ0n) is 15.5. The van der Waals surface area contributed by atoms with E-state index in [1.54, 1.807) is 11.9 Å². The first-order chi connectivity index (χ1) is 14.4. The van der Waals surface area contributed by atoms with Crippen LogP contribution in [0.2, 0.25) is 0 Å². The van der Waals surface area contributed by atoms with E-state index >= 15 is 0 Å². The van der Waals surface area contributed by atoms with E-state index < -0.39 is 0 Å². The third kappa shape index (κ3) is 5.25. The van der Waals surface area contributed by atoms with E-state index in [9.17, 15) is 0 Å². The molecule has 6 rings (SSSR count). The Morgan fingerprint density at radius 1 is 0.759 bits per heavy atom. The van der Waals surface area contributed by atoms with Gasteiger partial charge < -0.3 is 14.5 Å². The maximum absolute atomic E-state index is 5.01. The van der Waals surface area contributed by atoms with Gasteiger partial charge in [0, 0.05) is 16.0 Å². The summed E-state index contributed by atoms with van der Waals surface area (Å²) in [7, 11) is 0. The molecule has 0 fully saturated rings. The number of benzene rings is 3. The van der Waals surface area contributed by atoms with Gasteiger partial charge in [-0.3, -0.25) is 0 Å². The van der Waals surface area contributed by atoms with Crippen molar-refractivity contribution in [3.05, 3.63) is 103 Å². The first-order valence-corrected chi connectivity index (χ1v) is 10.7. The normalized spacial score (nSPS) is 12.8. The zero-order valence-corrected chi connectivity index (χ0v) is 17.1. The first kappa shape index (κ1) is 19.2. The Bertz CT molecular complexity index is 1010. The molecule has 3 heterocycles. The standard InChI is InChI=1S/C12H9NS.C7H5NO.C4H5NS/c1-3-7-11-9(5-1)13-10-6-2-4-8-12(10)14-11;1-2-4-7-6(3-1)8-5-9-7;1-2-4-6-5-3-1/h1-8,13H;1-5H;1-5H. The molecule has 4 aromatic rings. The second-order valence-electron chi connectivity index (χ2n) is 5.96. The van der Waals surface area contributed by atoms with Crippen molar-refractivity contribution in [3.8, 4) is 0 Å². The molecule has 0 atom stereocenters. The number of hydrogen-bond acceptors (Lipinski definition) is 6. The van der Waals surface area contributed by atoms with Crippen molar-refractivity contribution in [1.82, 2.24) is 9.71 Å². The molecule has 3 aromatic carbocycles. The summed E-state index contributed by atoms with van der Waals surface area (Å²) in [6, 6.07) is 24.4. The average molecular weight is 418 g/mol. The van der Waals surface area contributed by atoms with Crippen LogP contribution in [0.1, 0.15) is 0 Å². The molecule has 0 saturated heterocycles. The number of fused-ring (bicyclic) bond motifs is 3. The second kappa shape index (κ2) is 9.91. The Balaban J connectivity index is 0.000000117. The van der Waals surface area contributed by atoms with Gasteiger partial charge in [-0.1, -0.05) is 54.2 Å². The molecule has 1 aromatic heterocycles. The molecule has 0 radical (unpaired) electrons. The minimum atomic E-state index is 0.845. The SMILES string of the molecule is C1=CNSC=C1.c1ccc2c(c1)Nc1ccccc1S2.c1ccc2ocnc2c1. The molecule has 144 valence electrons. The lowest BCUT2D eigenvalue weighted by Gasteiger charge is -2.19. The highest BCUT2D eigenvalue weighted by atomic mass is 32.2. The fourth-order valence-corrected chi connectivity index (χ4v) is 4.04. The van der Waals surface area contributed by atoms with Crippen LogP contribution in [-0.4, -0.2) is 4.98 Å². The molecule has 0 spiro atoms. The molecule has 0 bridgehead atoms. The van der Waals surface area contributed by atoms with E-state index in [2.05, 4.69) is 63.6 Å². The van der Waals surface area contributed by atoms with Crippen LogP contribution in [0.25, 0.3) is 11.1 Å². The van der Waals surface area contributed by atoms with Crippen LogP contribution in [0, 0.1) is 0 Å². The van der Waals surface area contributed by atoms with Gasteiger partial charge >= 0.3 is 0 Å². The lowest BCUT2D eigenvalue weighted by atomic mass is 10.2. The second-order valence-corrected chi connectivity index (χ2v) is 7.79. The third-order valence-electron chi connectivity index (χ3n) is 3.99. The molecular formula is C23H19N3OS2. The van der Waals surface area contributed by atoms with Gasteiger partial charge in [0.25, 0.3) is 0 Å². The number of allylic oxidation sites excluding steroid dienone is 2. The highest BCUT2D eigenvalue weighted by Crippen LogP contribution is 2.43. The molecule has 29 heavy (non-hydrogen) atoms. The van der Waals surface area contributed by atoms with E-state index in [1.807, 2.05) is 59.8 Å². The quantitative estimate of drug-likeness (QED) is 0.265. The number of nitrogens with one attached hydrogen (secondary N) is 2. The van der Waals surface area contributed by atoms with Gasteiger partial charge in [0.05, 0.1) is 11.4 Å². The van der Waals surface area contributed by atoms with E-state index in [1.165, 1.54) is 27.6 Å². The van der Waals surface area contributed by atoms with Gasteiger partial charge in [0.15, 0.2) is 12.0 Å². The lowest BCUT2D eigenvalue weighted by Crippen LogP contribution is -1.98. The molecule has 2 N–H and O–H groups in total. The maximum Gasteiger partial charge on any atom is 0.181 e. The number of hydrogen-bond donors (Lipinski definition) is 2. The smallest absolute Gasteiger partial charge is 0.181 e. The molecule has 4 nitrogen and oxygen atoms in total. The average Bonchev–Trinajstić information content (AvgIpc) is 3.29. The summed E-state index contributed by atoms with van der Waals surface area (Å²) in [6.45, 7) is 0. The summed E-state index contributed by atoms with van der Waals surface area (Å²) < 4.78 is 7.94. The summed E-state index contributed by atoms with van der Waals surface area (Å²) in [4.78, 5) is 6.55. The Kier molecular flexibility index (Phi) is 6.57. The van der Waals surface area contributed by atoms with Gasteiger partial charge in [-0.05, 0) is 59.8 Å². The third-order valence-corrected chi connectivity index (χ3v) is 5.71. The van der Waals surface area contributed by atoms with Crippen molar-refractivity contribution < 1.29 is 4.42 Å². The van der Waals surface area contributed by atoms with E-state index in [0.29, 0.717) is 0 Å². The Morgan fingerprint density at radius 3 is 2.03 bits per heavy atom. The Hall–Kier alpha value is -3.09. The summed E-state index contributed by atoms with van der Waals surface area (Å²) in [5, 5.41) is 5.41. The molecular weight excluding hydrogens is 398 g/mol. The number of oxazole rings is 1. The van der Waals surface area contributed by atoms with Crippen LogP contribution in [0.5, 0.6) is 0 Å². The van der Waals surface area contributed by atoms with Gasteiger partial charge in [-0.2, -0.15) is 0 Å². The van der Waals surface area contributed by atoms with Crippen molar-refractivity contribution in [2.75, 3.05) is 5.32 Å². The summed E-state index contributed by atoms with van der Waals surface area (Å²) in [5.74, 6) is 0. The first-order valence-electron chi connectivity index (χ1n) is 9.04. The van der Waals surface area contributed by atoms with Crippen LogP contribution in [-0.2, 0) is 0 Å². The van der Waals surface area contributed by atoms with Crippen molar-refractivity contribution in [3.63, 3.8) is 0 Å². The summed E-state index contributed by atoms with van der Waals surface area (Å²) in [5.41, 5.74) is 4.17. The highest BCUT2D eigenvalue weighted by Gasteiger charge is 2.13. The number of rotatable bonds is 0. The van der Waals surface area contributed by atoms with E-state index in [-0.39, 0.29) is 0 Å². The molecule has 0 unspecified atom stereocenters. The van der Waals surface area contributed by atoms with Gasteiger partial charge in [0.1, 0.15) is 5.52 Å². The van der Waals surface area contributed by atoms with Gasteiger partial charge in [-0.25, -0.2) is 4.98 Å². The minimum absolute atomic E-state index is 0.845. The van der Waals surface area contributed by atoms with Gasteiger partial charge in [0.2, 0.25) is 0 Å². The van der Waals surface area contributed by atoms with Crippen molar-refractivity contribution in [2.24, 2.45) is 0 Å². The number of nitrogens with zero attached hydrogens (tertiary/aromatic N) is 1. The highest BCUT2D eigenvalue weighted by molar-refractivity contribution is 8.00. The maximum atomic E-state index is 5.01. The molecule has 2 aliphatic rings. The Morgan fingerprint density at radius 2 is 1.45 bits per heavy atom. The van der Waals surface area contributed by atoms with Gasteiger partial charge in [-0.15, -0.1) is 0 Å². The fraction of sp³-hybridized carbons (Fsp3) is 0. The predicted octanol–water partition coefficient (Wildman–Crippen LogP) is 6.99. The molecule has 2 aliphatic heterocycles. The lowest BCUT2D eigenvalue weighted by molar-refractivity contribution is 0.602. The van der Waals surface area contributed by atoms with Crippen molar-refractivity contribution >= 4 is 46.2 Å². The fourth-order valence-electron chi connectivity index (χ4n) is 2.64. The van der Waals surface area contributed by atoms with Crippen molar-refractivity contribution in [2.45, 2.75) is 9.79 Å². The van der Waals surface area contributed by atoms with Crippen LogP contribution in [0.15, 0.2) is 117 Å². The molecule has 6 heteroatoms. The number of aromatic nitrogens is 1. The monoisotopic (exact) mass is 417 g/mol. The largest absolute Gasteiger partial charge is 0.443 e. The molecule has 0 aliphatic carbocycles. The van der Waals surface area contributed by atoms with Crippen molar-refractivity contribution in [1.29, 1.82) is 0 Å². The summed E-state index contributed by atoms with van der Waals surface area (Å²) in [6.07, 6.45) is 7.28. The molecule has 0 amide bonds. The van der Waals surface area contributed by atoms with Crippen LogP contribution in [0.3, 0.4) is 0 Å². The van der Waals surface area contributed by atoms with E-state index in [4.69, 9.17) is 4.42 Å². The van der Waals surface area contributed by atoms with Crippen LogP contribution < -0.4 is 10.0 Å². The van der Waals surface area contributed by atoms with Crippen LogP contribution >= 0.6 is 23.7 Å². The van der Waals surface area contributed by atoms with Crippen LogP contribution in [0.4, 0.5) is 11.4 Å². The number of anilines is 2. The zero-order chi connectivity index (χ0) is 19.7. The predicted molar refractivity (Wildman–Crippen MR) is 123 cm³/mol. The Labute approximate surface area is 178 Å². The minimum Gasteiger partial charge on any atom is -0.443 e. The topological polar surface area (TPSA) is 50.1 Å². The molecule has 0 saturated carbocycles. The van der Waals surface area contributed by atoms with E-state index in [0.717, 1.165) is 11.1 Å². The number of para-hydroxylation sites is 4.